The van der Waals surface area contributed by atoms with Gasteiger partial charge in [0.25, 0.3) is 0 Å². The number of nitrogens with two attached hydrogens (primary N) is 1. The molecule has 2 unspecified atom stereocenters. The third kappa shape index (κ3) is 3.95. The molecular formula is C7H16N2O2. The van der Waals surface area contributed by atoms with E-state index in [0.29, 0.717) is 6.42 Å². The van der Waals surface area contributed by atoms with Gasteiger partial charge in [-0.2, -0.15) is 0 Å². The summed E-state index contributed by atoms with van der Waals surface area (Å²) in [7, 11) is 0. The van der Waals surface area contributed by atoms with E-state index in [1.54, 1.807) is 6.92 Å². The number of aliphatic hydroxyl groups is 1. The number of hydrogen-bond donors (Lipinski definition) is 3. The lowest BCUT2D eigenvalue weighted by Crippen LogP contribution is -2.46. The van der Waals surface area contributed by atoms with Crippen LogP contribution in [-0.4, -0.2) is 29.7 Å². The van der Waals surface area contributed by atoms with Crippen molar-refractivity contribution in [3.8, 4) is 0 Å². The topological polar surface area (TPSA) is 75.3 Å². The molecule has 0 spiro atoms. The Morgan fingerprint density at radius 2 is 2.27 bits per heavy atom. The lowest BCUT2D eigenvalue weighted by atomic mass is 10.2. The maximum Gasteiger partial charge on any atom is 0.234 e. The van der Waals surface area contributed by atoms with Gasteiger partial charge in [0, 0.05) is 6.04 Å². The molecular weight excluding hydrogens is 144 g/mol. The largest absolute Gasteiger partial charge is 0.395 e. The summed E-state index contributed by atoms with van der Waals surface area (Å²) in [6.07, 6.45) is 0.652. The summed E-state index contributed by atoms with van der Waals surface area (Å²) in [6, 6.07) is -0.399. The second-order valence-electron chi connectivity index (χ2n) is 2.61. The third-order valence-electron chi connectivity index (χ3n) is 1.51. The van der Waals surface area contributed by atoms with Crippen molar-refractivity contribution in [2.45, 2.75) is 32.4 Å². The predicted molar refractivity (Wildman–Crippen MR) is 43.0 cm³/mol. The zero-order chi connectivity index (χ0) is 8.85. The van der Waals surface area contributed by atoms with Crippen molar-refractivity contribution in [1.82, 2.24) is 5.32 Å². The van der Waals surface area contributed by atoms with Gasteiger partial charge in [-0.3, -0.25) is 4.79 Å². The first-order chi connectivity index (χ1) is 5.11. The van der Waals surface area contributed by atoms with Gasteiger partial charge in [-0.05, 0) is 13.3 Å². The first-order valence-corrected chi connectivity index (χ1v) is 3.78. The molecule has 66 valence electrons. The minimum Gasteiger partial charge on any atom is -0.395 e. The average molecular weight is 160 g/mol. The van der Waals surface area contributed by atoms with E-state index in [4.69, 9.17) is 10.8 Å². The van der Waals surface area contributed by atoms with E-state index in [0.717, 1.165) is 0 Å². The molecule has 0 radical (unpaired) electrons. The molecule has 0 aromatic rings. The molecule has 0 aliphatic heterocycles. The molecule has 2 atom stereocenters. The van der Waals surface area contributed by atoms with E-state index in [9.17, 15) is 4.79 Å². The SMILES string of the molecule is CCC(NC(C)CO)C(N)=O. The zero-order valence-electron chi connectivity index (χ0n) is 7.00. The van der Waals surface area contributed by atoms with Crippen LogP contribution in [-0.2, 0) is 4.79 Å². The van der Waals surface area contributed by atoms with Crippen LogP contribution in [0.5, 0.6) is 0 Å². The second kappa shape index (κ2) is 5.09. The van der Waals surface area contributed by atoms with Crippen LogP contribution in [0.4, 0.5) is 0 Å². The van der Waals surface area contributed by atoms with E-state index in [-0.39, 0.29) is 24.6 Å². The van der Waals surface area contributed by atoms with Crippen molar-refractivity contribution in [2.24, 2.45) is 5.73 Å². The Morgan fingerprint density at radius 1 is 1.73 bits per heavy atom. The highest BCUT2D eigenvalue weighted by atomic mass is 16.3. The highest BCUT2D eigenvalue weighted by molar-refractivity contribution is 5.79. The number of rotatable bonds is 5. The third-order valence-corrected chi connectivity index (χ3v) is 1.51. The van der Waals surface area contributed by atoms with E-state index < -0.39 is 0 Å². The van der Waals surface area contributed by atoms with Gasteiger partial charge in [0.2, 0.25) is 5.91 Å². The van der Waals surface area contributed by atoms with Crippen LogP contribution >= 0.6 is 0 Å². The average Bonchev–Trinajstić information content (AvgIpc) is 1.99. The predicted octanol–water partition coefficient (Wildman–Crippen LogP) is -0.779. The molecule has 0 aliphatic carbocycles. The van der Waals surface area contributed by atoms with Crippen LogP contribution in [0, 0.1) is 0 Å². The van der Waals surface area contributed by atoms with Crippen molar-refractivity contribution in [2.75, 3.05) is 6.61 Å². The number of nitrogens with one attached hydrogen (secondary N) is 1. The summed E-state index contributed by atoms with van der Waals surface area (Å²) in [6.45, 7) is 3.68. The fourth-order valence-electron chi connectivity index (χ4n) is 0.797. The first kappa shape index (κ1) is 10.4. The van der Waals surface area contributed by atoms with Gasteiger partial charge in [-0.25, -0.2) is 0 Å². The van der Waals surface area contributed by atoms with Crippen LogP contribution in [0.3, 0.4) is 0 Å². The van der Waals surface area contributed by atoms with Crippen molar-refractivity contribution in [3.63, 3.8) is 0 Å². The number of amides is 1. The van der Waals surface area contributed by atoms with Crippen molar-refractivity contribution < 1.29 is 9.90 Å². The van der Waals surface area contributed by atoms with Gasteiger partial charge in [-0.15, -0.1) is 0 Å². The lowest BCUT2D eigenvalue weighted by molar-refractivity contribution is -0.120. The van der Waals surface area contributed by atoms with Gasteiger partial charge in [0.05, 0.1) is 12.6 Å². The van der Waals surface area contributed by atoms with Gasteiger partial charge >= 0.3 is 0 Å². The summed E-state index contributed by atoms with van der Waals surface area (Å²) < 4.78 is 0. The summed E-state index contributed by atoms with van der Waals surface area (Å²) >= 11 is 0. The molecule has 0 aromatic heterocycles. The highest BCUT2D eigenvalue weighted by Crippen LogP contribution is 1.91. The monoisotopic (exact) mass is 160 g/mol. The number of aliphatic hydroxyl groups excluding tert-OH is 1. The number of hydrogen-bond acceptors (Lipinski definition) is 3. The van der Waals surface area contributed by atoms with Crippen LogP contribution in [0.2, 0.25) is 0 Å². The minimum atomic E-state index is -0.368. The molecule has 0 aromatic carbocycles. The first-order valence-electron chi connectivity index (χ1n) is 3.78. The van der Waals surface area contributed by atoms with E-state index in [1.165, 1.54) is 0 Å². The minimum absolute atomic E-state index is 0.0176. The molecule has 1 amide bonds. The fraction of sp³-hybridized carbons (Fsp3) is 0.857. The van der Waals surface area contributed by atoms with Gasteiger partial charge < -0.3 is 16.2 Å². The molecule has 0 fully saturated rings. The summed E-state index contributed by atoms with van der Waals surface area (Å²) in [4.78, 5) is 10.7. The Labute approximate surface area is 66.8 Å². The molecule has 0 bridgehead atoms. The number of carbonyl (C=O) groups is 1. The maximum absolute atomic E-state index is 10.7. The van der Waals surface area contributed by atoms with E-state index in [2.05, 4.69) is 5.32 Å². The Bertz CT molecular complexity index is 128. The quantitative estimate of drug-likeness (QED) is 0.494. The highest BCUT2D eigenvalue weighted by Gasteiger charge is 2.13. The van der Waals surface area contributed by atoms with Crippen LogP contribution in [0.1, 0.15) is 20.3 Å². The molecule has 0 rings (SSSR count). The zero-order valence-corrected chi connectivity index (χ0v) is 7.00. The molecule has 4 heteroatoms. The van der Waals surface area contributed by atoms with E-state index in [1.807, 2.05) is 6.92 Å². The Hall–Kier alpha value is -0.610. The number of carbonyl (C=O) groups excluding carboxylic acids is 1. The molecule has 4 nitrogen and oxygen atoms in total. The van der Waals surface area contributed by atoms with Crippen molar-refractivity contribution >= 4 is 5.91 Å². The molecule has 0 saturated heterocycles. The summed E-state index contributed by atoms with van der Waals surface area (Å²) in [5.41, 5.74) is 5.07. The van der Waals surface area contributed by atoms with Gasteiger partial charge in [-0.1, -0.05) is 6.92 Å². The lowest BCUT2D eigenvalue weighted by Gasteiger charge is -2.17. The second-order valence-corrected chi connectivity index (χ2v) is 2.61. The molecule has 4 N–H and O–H groups in total. The van der Waals surface area contributed by atoms with Crippen LogP contribution in [0.15, 0.2) is 0 Å². The molecule has 0 saturated carbocycles. The van der Waals surface area contributed by atoms with E-state index >= 15 is 0 Å². The number of primary amides is 1. The fourth-order valence-corrected chi connectivity index (χ4v) is 0.797. The van der Waals surface area contributed by atoms with Crippen LogP contribution < -0.4 is 11.1 Å². The molecule has 0 aliphatic rings. The Morgan fingerprint density at radius 3 is 2.55 bits per heavy atom. The Balaban J connectivity index is 3.77. The van der Waals surface area contributed by atoms with Crippen LogP contribution in [0.25, 0.3) is 0 Å². The maximum atomic E-state index is 10.7. The van der Waals surface area contributed by atoms with Crippen molar-refractivity contribution in [1.29, 1.82) is 0 Å². The summed E-state index contributed by atoms with van der Waals surface area (Å²) in [5, 5.41) is 11.5. The smallest absolute Gasteiger partial charge is 0.234 e. The molecule has 11 heavy (non-hydrogen) atoms. The molecule has 0 heterocycles. The van der Waals surface area contributed by atoms with Gasteiger partial charge in [0.1, 0.15) is 0 Å². The van der Waals surface area contributed by atoms with Gasteiger partial charge in [0.15, 0.2) is 0 Å². The Kier molecular flexibility index (Phi) is 4.81. The standard InChI is InChI=1S/C7H16N2O2/c1-3-6(7(8)11)9-5(2)4-10/h5-6,9-10H,3-4H2,1-2H3,(H2,8,11). The normalized spacial score (nSPS) is 15.9. The van der Waals surface area contributed by atoms with Crippen molar-refractivity contribution in [3.05, 3.63) is 0 Å². The summed E-state index contributed by atoms with van der Waals surface area (Å²) in [5.74, 6) is -0.368.